The Morgan fingerprint density at radius 1 is 1.20 bits per heavy atom. The molecular formula is C11H12N4. The Kier molecular flexibility index (Phi) is 1.91. The summed E-state index contributed by atoms with van der Waals surface area (Å²) < 4.78 is 0. The number of para-hydroxylation sites is 2. The topological polar surface area (TPSA) is 53.1 Å². The number of amidine groups is 1. The molecule has 0 bridgehead atoms. The summed E-state index contributed by atoms with van der Waals surface area (Å²) in [5, 5.41) is 3.25. The molecule has 1 aromatic carbocycles. The van der Waals surface area contributed by atoms with Crippen LogP contribution in [0.3, 0.4) is 0 Å². The Morgan fingerprint density at radius 3 is 2.93 bits per heavy atom. The van der Waals surface area contributed by atoms with Crippen LogP contribution < -0.4 is 5.32 Å². The molecule has 2 aromatic rings. The predicted octanol–water partition coefficient (Wildman–Crippen LogP) is 1.30. The molecule has 2 heterocycles. The van der Waals surface area contributed by atoms with Gasteiger partial charge in [0.25, 0.3) is 0 Å². The first-order chi connectivity index (χ1) is 7.43. The number of hydrogen-bond acceptors (Lipinski definition) is 3. The second-order valence-corrected chi connectivity index (χ2v) is 3.61. The summed E-state index contributed by atoms with van der Waals surface area (Å²) >= 11 is 0. The molecule has 1 aliphatic rings. The molecule has 0 amide bonds. The molecular weight excluding hydrogens is 188 g/mol. The molecule has 0 fully saturated rings. The molecule has 0 saturated heterocycles. The summed E-state index contributed by atoms with van der Waals surface area (Å²) in [5.74, 6) is 1.73. The lowest BCUT2D eigenvalue weighted by Gasteiger charge is -2.11. The van der Waals surface area contributed by atoms with E-state index in [-0.39, 0.29) is 0 Å². The first-order valence-electron chi connectivity index (χ1n) is 5.17. The van der Waals surface area contributed by atoms with Crippen molar-refractivity contribution in [1.82, 2.24) is 15.3 Å². The maximum atomic E-state index is 4.49. The lowest BCUT2D eigenvalue weighted by atomic mass is 10.3. The lowest BCUT2D eigenvalue weighted by Crippen LogP contribution is -2.30. The van der Waals surface area contributed by atoms with E-state index in [1.807, 2.05) is 24.3 Å². The van der Waals surface area contributed by atoms with Gasteiger partial charge < -0.3 is 10.3 Å². The average molecular weight is 200 g/mol. The Morgan fingerprint density at radius 2 is 2.13 bits per heavy atom. The number of hydrogen-bond donors (Lipinski definition) is 2. The van der Waals surface area contributed by atoms with Crippen LogP contribution in [0.15, 0.2) is 29.3 Å². The van der Waals surface area contributed by atoms with E-state index in [9.17, 15) is 0 Å². The monoisotopic (exact) mass is 200 g/mol. The third-order valence-electron chi connectivity index (χ3n) is 2.51. The normalized spacial score (nSPS) is 16.1. The molecule has 3 rings (SSSR count). The van der Waals surface area contributed by atoms with Crippen molar-refractivity contribution < 1.29 is 0 Å². The Labute approximate surface area is 87.4 Å². The van der Waals surface area contributed by atoms with Crippen molar-refractivity contribution in [2.45, 2.75) is 6.42 Å². The highest BCUT2D eigenvalue weighted by atomic mass is 15.1. The van der Waals surface area contributed by atoms with Crippen molar-refractivity contribution in [2.24, 2.45) is 4.99 Å². The summed E-state index contributed by atoms with van der Waals surface area (Å²) in [6.45, 7) is 1.87. The number of H-pyrrole nitrogens is 1. The first-order valence-corrected chi connectivity index (χ1v) is 5.17. The van der Waals surface area contributed by atoms with Crippen molar-refractivity contribution in [2.75, 3.05) is 13.1 Å². The average Bonchev–Trinajstić information content (AvgIpc) is 2.74. The summed E-state index contributed by atoms with van der Waals surface area (Å²) in [7, 11) is 0. The minimum atomic E-state index is 0.843. The van der Waals surface area contributed by atoms with Gasteiger partial charge in [0.15, 0.2) is 11.7 Å². The molecule has 2 N–H and O–H groups in total. The second-order valence-electron chi connectivity index (χ2n) is 3.61. The molecule has 4 nitrogen and oxygen atoms in total. The van der Waals surface area contributed by atoms with E-state index in [4.69, 9.17) is 0 Å². The molecule has 4 heteroatoms. The first kappa shape index (κ1) is 8.47. The summed E-state index contributed by atoms with van der Waals surface area (Å²) in [6.07, 6.45) is 1.10. The Balaban J connectivity index is 2.07. The number of aromatic amines is 1. The van der Waals surface area contributed by atoms with Crippen LogP contribution in [0.4, 0.5) is 0 Å². The van der Waals surface area contributed by atoms with E-state index in [1.54, 1.807) is 0 Å². The lowest BCUT2D eigenvalue weighted by molar-refractivity contribution is 0.738. The van der Waals surface area contributed by atoms with Crippen molar-refractivity contribution in [1.29, 1.82) is 0 Å². The summed E-state index contributed by atoms with van der Waals surface area (Å²) in [5.41, 5.74) is 2.05. The second kappa shape index (κ2) is 3.38. The van der Waals surface area contributed by atoms with E-state index in [0.29, 0.717) is 0 Å². The molecule has 0 spiro atoms. The van der Waals surface area contributed by atoms with Gasteiger partial charge >= 0.3 is 0 Å². The zero-order valence-corrected chi connectivity index (χ0v) is 8.33. The Bertz CT molecular complexity index is 479. The Hall–Kier alpha value is -1.84. The number of benzene rings is 1. The third kappa shape index (κ3) is 1.48. The van der Waals surface area contributed by atoms with Crippen LogP contribution in [0.2, 0.25) is 0 Å². The number of aliphatic imine (C=N–C) groups is 1. The number of nitrogens with zero attached hydrogens (tertiary/aromatic N) is 2. The summed E-state index contributed by atoms with van der Waals surface area (Å²) in [6, 6.07) is 8.01. The van der Waals surface area contributed by atoms with Crippen molar-refractivity contribution >= 4 is 16.9 Å². The van der Waals surface area contributed by atoms with Crippen LogP contribution in [0.25, 0.3) is 11.0 Å². The minimum absolute atomic E-state index is 0.843. The SMILES string of the molecule is c1ccc2[nH]c(C3=NCCCN3)nc2c1. The van der Waals surface area contributed by atoms with Gasteiger partial charge in [-0.25, -0.2) is 4.98 Å². The van der Waals surface area contributed by atoms with Crippen LogP contribution in [-0.4, -0.2) is 28.9 Å². The van der Waals surface area contributed by atoms with Gasteiger partial charge in [-0.15, -0.1) is 0 Å². The fraction of sp³-hybridized carbons (Fsp3) is 0.273. The molecule has 1 aliphatic heterocycles. The smallest absolute Gasteiger partial charge is 0.173 e. The van der Waals surface area contributed by atoms with E-state index in [2.05, 4.69) is 20.3 Å². The predicted molar refractivity (Wildman–Crippen MR) is 60.1 cm³/mol. The van der Waals surface area contributed by atoms with Gasteiger partial charge in [-0.1, -0.05) is 12.1 Å². The van der Waals surface area contributed by atoms with Crippen LogP contribution in [0.5, 0.6) is 0 Å². The molecule has 0 unspecified atom stereocenters. The third-order valence-corrected chi connectivity index (χ3v) is 2.51. The van der Waals surface area contributed by atoms with Gasteiger partial charge in [-0.2, -0.15) is 0 Å². The van der Waals surface area contributed by atoms with Crippen molar-refractivity contribution in [3.63, 3.8) is 0 Å². The fourth-order valence-electron chi connectivity index (χ4n) is 1.76. The molecule has 0 radical (unpaired) electrons. The van der Waals surface area contributed by atoms with Gasteiger partial charge in [0.05, 0.1) is 11.0 Å². The quantitative estimate of drug-likeness (QED) is 0.729. The van der Waals surface area contributed by atoms with E-state index in [1.165, 1.54) is 0 Å². The van der Waals surface area contributed by atoms with Crippen molar-refractivity contribution in [3.05, 3.63) is 30.1 Å². The number of imidazole rings is 1. The molecule has 0 aliphatic carbocycles. The zero-order chi connectivity index (χ0) is 10.1. The van der Waals surface area contributed by atoms with Gasteiger partial charge in [-0.05, 0) is 18.6 Å². The van der Waals surface area contributed by atoms with Crippen LogP contribution in [0.1, 0.15) is 12.2 Å². The van der Waals surface area contributed by atoms with Gasteiger partial charge in [-0.3, -0.25) is 4.99 Å². The van der Waals surface area contributed by atoms with Gasteiger partial charge in [0, 0.05) is 13.1 Å². The number of nitrogens with one attached hydrogen (secondary N) is 2. The molecule has 76 valence electrons. The zero-order valence-electron chi connectivity index (χ0n) is 8.33. The van der Waals surface area contributed by atoms with E-state index >= 15 is 0 Å². The van der Waals surface area contributed by atoms with E-state index < -0.39 is 0 Å². The largest absolute Gasteiger partial charge is 0.367 e. The maximum absolute atomic E-state index is 4.49. The molecule has 0 atom stereocenters. The highest BCUT2D eigenvalue weighted by Crippen LogP contribution is 2.11. The molecule has 0 saturated carbocycles. The highest BCUT2D eigenvalue weighted by Gasteiger charge is 2.10. The van der Waals surface area contributed by atoms with Crippen LogP contribution >= 0.6 is 0 Å². The van der Waals surface area contributed by atoms with Crippen molar-refractivity contribution in [3.8, 4) is 0 Å². The van der Waals surface area contributed by atoms with Crippen LogP contribution in [-0.2, 0) is 0 Å². The number of rotatable bonds is 1. The van der Waals surface area contributed by atoms with E-state index in [0.717, 1.165) is 42.2 Å². The molecule has 1 aromatic heterocycles. The summed E-state index contributed by atoms with van der Waals surface area (Å²) in [4.78, 5) is 12.2. The maximum Gasteiger partial charge on any atom is 0.173 e. The molecule has 15 heavy (non-hydrogen) atoms. The highest BCUT2D eigenvalue weighted by molar-refractivity contribution is 5.98. The number of fused-ring (bicyclic) bond motifs is 1. The minimum Gasteiger partial charge on any atom is -0.367 e. The van der Waals surface area contributed by atoms with Gasteiger partial charge in [0.2, 0.25) is 0 Å². The standard InChI is InChI=1S/C11H12N4/c1-2-5-9-8(4-1)14-11(15-9)10-12-6-3-7-13-10/h1-2,4-5H,3,6-7H2,(H,12,13)(H,14,15). The van der Waals surface area contributed by atoms with Crippen LogP contribution in [0, 0.1) is 0 Å². The fourth-order valence-corrected chi connectivity index (χ4v) is 1.76. The number of aromatic nitrogens is 2. The van der Waals surface area contributed by atoms with Gasteiger partial charge in [0.1, 0.15) is 0 Å².